The van der Waals surface area contributed by atoms with Crippen LogP contribution in [-0.4, -0.2) is 35.8 Å². The predicted octanol–water partition coefficient (Wildman–Crippen LogP) is 2.85. The molecular formula is C24H25N3O2. The molecule has 2 amide bonds. The summed E-state index contributed by atoms with van der Waals surface area (Å²) in [6, 6.07) is 23.9. The molecule has 0 bridgehead atoms. The van der Waals surface area contributed by atoms with Crippen LogP contribution in [0.1, 0.15) is 17.5 Å². The quantitative estimate of drug-likeness (QED) is 0.684. The molecule has 3 aromatic rings. The smallest absolute Gasteiger partial charge is 0.237 e. The topological polar surface area (TPSA) is 61.4 Å². The van der Waals surface area contributed by atoms with Crippen LogP contribution in [0.3, 0.4) is 0 Å². The molecule has 1 heterocycles. The number of amides is 2. The van der Waals surface area contributed by atoms with Gasteiger partial charge in [-0.15, -0.1) is 0 Å². The monoisotopic (exact) mass is 387 g/mol. The SMILES string of the molecule is O=C(C[C@@H]1C(=O)NCCN1Cc1ccc2ccccc2c1)NCc1ccccc1. The van der Waals surface area contributed by atoms with Crippen molar-refractivity contribution in [3.05, 3.63) is 83.9 Å². The molecule has 0 spiro atoms. The van der Waals surface area contributed by atoms with Crippen LogP contribution in [0.25, 0.3) is 10.8 Å². The first-order valence-electron chi connectivity index (χ1n) is 9.99. The number of benzene rings is 3. The van der Waals surface area contributed by atoms with E-state index in [2.05, 4.69) is 45.9 Å². The first-order chi connectivity index (χ1) is 14.2. The molecule has 2 N–H and O–H groups in total. The second-order valence-electron chi connectivity index (χ2n) is 7.43. The third-order valence-corrected chi connectivity index (χ3v) is 5.35. The summed E-state index contributed by atoms with van der Waals surface area (Å²) in [6.45, 7) is 2.46. The minimum absolute atomic E-state index is 0.0769. The fourth-order valence-electron chi connectivity index (χ4n) is 3.79. The van der Waals surface area contributed by atoms with E-state index in [0.29, 0.717) is 19.6 Å². The Morgan fingerprint density at radius 1 is 0.966 bits per heavy atom. The zero-order chi connectivity index (χ0) is 20.1. The molecule has 4 rings (SSSR count). The molecule has 148 valence electrons. The number of carbonyl (C=O) groups excluding carboxylic acids is 2. The van der Waals surface area contributed by atoms with Gasteiger partial charge in [0.1, 0.15) is 0 Å². The number of fused-ring (bicyclic) bond motifs is 1. The minimum Gasteiger partial charge on any atom is -0.353 e. The van der Waals surface area contributed by atoms with Gasteiger partial charge in [-0.2, -0.15) is 0 Å². The molecule has 1 fully saturated rings. The highest BCUT2D eigenvalue weighted by Gasteiger charge is 2.31. The highest BCUT2D eigenvalue weighted by atomic mass is 16.2. The van der Waals surface area contributed by atoms with E-state index in [0.717, 1.165) is 17.7 Å². The van der Waals surface area contributed by atoms with Gasteiger partial charge in [-0.25, -0.2) is 0 Å². The number of hydrogen-bond acceptors (Lipinski definition) is 3. The summed E-state index contributed by atoms with van der Waals surface area (Å²) in [5.41, 5.74) is 2.19. The molecule has 0 aromatic heterocycles. The maximum absolute atomic E-state index is 12.5. The van der Waals surface area contributed by atoms with E-state index in [-0.39, 0.29) is 18.2 Å². The zero-order valence-corrected chi connectivity index (χ0v) is 16.3. The van der Waals surface area contributed by atoms with Crippen molar-refractivity contribution < 1.29 is 9.59 Å². The van der Waals surface area contributed by atoms with Gasteiger partial charge in [-0.05, 0) is 28.0 Å². The molecule has 0 unspecified atom stereocenters. The van der Waals surface area contributed by atoms with Crippen LogP contribution in [0.15, 0.2) is 72.8 Å². The molecule has 1 atom stereocenters. The van der Waals surface area contributed by atoms with Gasteiger partial charge in [0, 0.05) is 26.2 Å². The fourth-order valence-corrected chi connectivity index (χ4v) is 3.79. The molecule has 5 heteroatoms. The van der Waals surface area contributed by atoms with Crippen LogP contribution in [0.4, 0.5) is 0 Å². The maximum Gasteiger partial charge on any atom is 0.237 e. The van der Waals surface area contributed by atoms with E-state index in [1.54, 1.807) is 0 Å². The van der Waals surface area contributed by atoms with Crippen LogP contribution in [0, 0.1) is 0 Å². The van der Waals surface area contributed by atoms with E-state index in [4.69, 9.17) is 0 Å². The van der Waals surface area contributed by atoms with Crippen LogP contribution in [-0.2, 0) is 22.7 Å². The molecule has 29 heavy (non-hydrogen) atoms. The number of carbonyl (C=O) groups is 2. The Kier molecular flexibility index (Phi) is 5.86. The standard InChI is InChI=1S/C24H25N3O2/c28-23(26-16-18-6-2-1-3-7-18)15-22-24(29)25-12-13-27(22)17-19-10-11-20-8-4-5-9-21(20)14-19/h1-11,14,22H,12-13,15-17H2,(H,25,29)(H,26,28)/t22-/m1/s1. The van der Waals surface area contributed by atoms with Crippen LogP contribution < -0.4 is 10.6 Å². The Balaban J connectivity index is 1.42. The normalized spacial score (nSPS) is 17.1. The van der Waals surface area contributed by atoms with Crippen LogP contribution >= 0.6 is 0 Å². The van der Waals surface area contributed by atoms with E-state index < -0.39 is 6.04 Å². The Labute approximate surface area is 170 Å². The summed E-state index contributed by atoms with van der Waals surface area (Å²) in [5.74, 6) is -0.189. The Morgan fingerprint density at radius 2 is 1.72 bits per heavy atom. The molecule has 1 aliphatic heterocycles. The van der Waals surface area contributed by atoms with Gasteiger partial charge >= 0.3 is 0 Å². The first kappa shape index (κ1) is 19.2. The summed E-state index contributed by atoms with van der Waals surface area (Å²) in [4.78, 5) is 27.1. The van der Waals surface area contributed by atoms with Gasteiger partial charge in [0.15, 0.2) is 0 Å². The molecule has 0 radical (unpaired) electrons. The van der Waals surface area contributed by atoms with Gasteiger partial charge in [-0.1, -0.05) is 66.7 Å². The molecule has 1 saturated heterocycles. The van der Waals surface area contributed by atoms with E-state index in [9.17, 15) is 9.59 Å². The van der Waals surface area contributed by atoms with Crippen molar-refractivity contribution in [3.63, 3.8) is 0 Å². The summed E-state index contributed by atoms with van der Waals surface area (Å²) in [6.07, 6.45) is 0.159. The molecule has 0 saturated carbocycles. The van der Waals surface area contributed by atoms with E-state index in [1.807, 2.05) is 42.5 Å². The Bertz CT molecular complexity index is 1000. The highest BCUT2D eigenvalue weighted by Crippen LogP contribution is 2.19. The summed E-state index contributed by atoms with van der Waals surface area (Å²) < 4.78 is 0. The van der Waals surface area contributed by atoms with Crippen LogP contribution in [0.2, 0.25) is 0 Å². The van der Waals surface area contributed by atoms with Crippen molar-refractivity contribution in [3.8, 4) is 0 Å². The lowest BCUT2D eigenvalue weighted by atomic mass is 10.0. The van der Waals surface area contributed by atoms with Gasteiger partial charge in [0.2, 0.25) is 11.8 Å². The average molecular weight is 387 g/mol. The fraction of sp³-hybridized carbons (Fsp3) is 0.250. The first-order valence-corrected chi connectivity index (χ1v) is 9.99. The average Bonchev–Trinajstić information content (AvgIpc) is 2.75. The number of nitrogens with one attached hydrogen (secondary N) is 2. The van der Waals surface area contributed by atoms with Crippen molar-refractivity contribution in [1.82, 2.24) is 15.5 Å². The molecule has 5 nitrogen and oxygen atoms in total. The maximum atomic E-state index is 12.5. The Morgan fingerprint density at radius 3 is 2.55 bits per heavy atom. The van der Waals surface area contributed by atoms with Gasteiger partial charge in [0.25, 0.3) is 0 Å². The summed E-state index contributed by atoms with van der Waals surface area (Å²) >= 11 is 0. The van der Waals surface area contributed by atoms with Crippen molar-refractivity contribution in [1.29, 1.82) is 0 Å². The van der Waals surface area contributed by atoms with Gasteiger partial charge in [-0.3, -0.25) is 14.5 Å². The number of piperazine rings is 1. The summed E-state index contributed by atoms with van der Waals surface area (Å²) in [5, 5.41) is 8.21. The highest BCUT2D eigenvalue weighted by molar-refractivity contribution is 5.89. The van der Waals surface area contributed by atoms with Crippen molar-refractivity contribution >= 4 is 22.6 Å². The Hall–Kier alpha value is -3.18. The van der Waals surface area contributed by atoms with Crippen LogP contribution in [0.5, 0.6) is 0 Å². The number of hydrogen-bond donors (Lipinski definition) is 2. The molecular weight excluding hydrogens is 362 g/mol. The van der Waals surface area contributed by atoms with Crippen molar-refractivity contribution in [2.45, 2.75) is 25.6 Å². The summed E-state index contributed by atoms with van der Waals surface area (Å²) in [7, 11) is 0. The van der Waals surface area contributed by atoms with E-state index >= 15 is 0 Å². The molecule has 0 aliphatic carbocycles. The van der Waals surface area contributed by atoms with Crippen molar-refractivity contribution in [2.24, 2.45) is 0 Å². The predicted molar refractivity (Wildman–Crippen MR) is 114 cm³/mol. The number of nitrogens with zero attached hydrogens (tertiary/aromatic N) is 1. The lowest BCUT2D eigenvalue weighted by Crippen LogP contribution is -2.56. The number of rotatable bonds is 6. The van der Waals surface area contributed by atoms with Gasteiger partial charge < -0.3 is 10.6 Å². The third kappa shape index (κ3) is 4.81. The minimum atomic E-state index is -0.453. The lowest BCUT2D eigenvalue weighted by Gasteiger charge is -2.34. The van der Waals surface area contributed by atoms with Gasteiger partial charge in [0.05, 0.1) is 12.5 Å². The lowest BCUT2D eigenvalue weighted by molar-refractivity contribution is -0.134. The zero-order valence-electron chi connectivity index (χ0n) is 16.3. The third-order valence-electron chi connectivity index (χ3n) is 5.35. The molecule has 3 aromatic carbocycles. The largest absolute Gasteiger partial charge is 0.353 e. The van der Waals surface area contributed by atoms with Crippen molar-refractivity contribution in [2.75, 3.05) is 13.1 Å². The van der Waals surface area contributed by atoms with E-state index in [1.165, 1.54) is 10.8 Å². The second-order valence-corrected chi connectivity index (χ2v) is 7.43. The molecule has 1 aliphatic rings. The second kappa shape index (κ2) is 8.88.